The summed E-state index contributed by atoms with van der Waals surface area (Å²) >= 11 is 0. The van der Waals surface area contributed by atoms with E-state index in [9.17, 15) is 29.6 Å². The molecule has 0 radical (unpaired) electrons. The van der Waals surface area contributed by atoms with Crippen molar-refractivity contribution in [3.05, 3.63) is 10.1 Å². The predicted octanol–water partition coefficient (Wildman–Crippen LogP) is 0.330. The summed E-state index contributed by atoms with van der Waals surface area (Å²) in [6.07, 6.45) is -1.51. The molecule has 2 aliphatic rings. The summed E-state index contributed by atoms with van der Waals surface area (Å²) < 4.78 is 5.00. The Morgan fingerprint density at radius 3 is 2.26 bits per heavy atom. The first-order valence-corrected chi connectivity index (χ1v) is 7.01. The van der Waals surface area contributed by atoms with Gasteiger partial charge in [-0.25, -0.2) is 9.59 Å². The van der Waals surface area contributed by atoms with Crippen LogP contribution < -0.4 is 5.32 Å². The Morgan fingerprint density at radius 1 is 1.30 bits per heavy atom. The molecule has 128 valence electrons. The molecule has 5 unspecified atom stereocenters. The van der Waals surface area contributed by atoms with Gasteiger partial charge in [0.25, 0.3) is 0 Å². The fourth-order valence-electron chi connectivity index (χ4n) is 3.49. The molecule has 2 fully saturated rings. The number of nitrogens with zero attached hydrogens (tertiary/aromatic N) is 1. The summed E-state index contributed by atoms with van der Waals surface area (Å²) in [5, 5.41) is 31.9. The quantitative estimate of drug-likeness (QED) is 0.491. The second-order valence-electron chi connectivity index (χ2n) is 6.93. The highest BCUT2D eigenvalue weighted by Crippen LogP contribution is 2.63. The average molecular weight is 330 g/mol. The van der Waals surface area contributed by atoms with E-state index < -0.39 is 64.3 Å². The molecule has 3 N–H and O–H groups in total. The Labute approximate surface area is 130 Å². The molecule has 0 aliphatic heterocycles. The molecule has 0 bridgehead atoms. The second-order valence-corrected chi connectivity index (χ2v) is 6.93. The fourth-order valence-corrected chi connectivity index (χ4v) is 3.49. The molecular formula is C13H18N2O8. The van der Waals surface area contributed by atoms with Gasteiger partial charge in [0.15, 0.2) is 5.54 Å². The molecule has 2 rings (SSSR count). The summed E-state index contributed by atoms with van der Waals surface area (Å²) in [6.45, 7) is 4.73. The first-order chi connectivity index (χ1) is 10.4. The highest BCUT2D eigenvalue weighted by molar-refractivity contribution is 5.89. The van der Waals surface area contributed by atoms with Crippen LogP contribution in [-0.2, 0) is 14.3 Å². The number of fused-ring (bicyclic) bond motifs is 1. The van der Waals surface area contributed by atoms with Gasteiger partial charge in [-0.3, -0.25) is 14.9 Å². The van der Waals surface area contributed by atoms with Gasteiger partial charge in [-0.05, 0) is 20.8 Å². The molecule has 2 aliphatic carbocycles. The average Bonchev–Trinajstić information content (AvgIpc) is 2.99. The van der Waals surface area contributed by atoms with Gasteiger partial charge < -0.3 is 20.3 Å². The first kappa shape index (κ1) is 17.0. The number of ether oxygens (including phenoxy) is 1. The number of nitrogens with one attached hydrogen (secondary N) is 1. The van der Waals surface area contributed by atoms with Gasteiger partial charge in [-0.2, -0.15) is 0 Å². The van der Waals surface area contributed by atoms with Crippen LogP contribution in [0.2, 0.25) is 0 Å². The summed E-state index contributed by atoms with van der Waals surface area (Å²) in [4.78, 5) is 45.3. The van der Waals surface area contributed by atoms with Crippen LogP contribution in [0.15, 0.2) is 0 Å². The lowest BCUT2D eigenvalue weighted by molar-refractivity contribution is -0.526. The minimum absolute atomic E-state index is 0.465. The third-order valence-corrected chi connectivity index (χ3v) is 4.28. The van der Waals surface area contributed by atoms with Crippen molar-refractivity contribution >= 4 is 18.0 Å². The van der Waals surface area contributed by atoms with Gasteiger partial charge in [0.2, 0.25) is 6.04 Å². The number of aliphatic carboxylic acids is 2. The number of rotatable bonds is 4. The zero-order valence-corrected chi connectivity index (χ0v) is 12.8. The zero-order valence-electron chi connectivity index (χ0n) is 12.8. The van der Waals surface area contributed by atoms with Gasteiger partial charge in [-0.15, -0.1) is 0 Å². The lowest BCUT2D eigenvalue weighted by atomic mass is 9.89. The number of carboxylic acid groups (broad SMARTS) is 2. The van der Waals surface area contributed by atoms with E-state index in [1.54, 1.807) is 20.8 Å². The number of alkyl carbamates (subject to hydrolysis) is 1. The SMILES string of the molecule is CC(C)(C)OC(=O)NC1(C(=O)O)CC([N+](=O)[O-])C2C(C(=O)O)C21. The maximum atomic E-state index is 11.9. The zero-order chi connectivity index (χ0) is 17.7. The Kier molecular flexibility index (Phi) is 3.74. The van der Waals surface area contributed by atoms with E-state index in [1.165, 1.54) is 0 Å². The van der Waals surface area contributed by atoms with Crippen molar-refractivity contribution in [1.82, 2.24) is 5.32 Å². The topological polar surface area (TPSA) is 156 Å². The van der Waals surface area contributed by atoms with E-state index >= 15 is 0 Å². The second kappa shape index (κ2) is 5.07. The third kappa shape index (κ3) is 2.80. The first-order valence-electron chi connectivity index (χ1n) is 7.01. The molecule has 0 aromatic heterocycles. The van der Waals surface area contributed by atoms with Crippen molar-refractivity contribution in [1.29, 1.82) is 0 Å². The van der Waals surface area contributed by atoms with Crippen LogP contribution in [0.5, 0.6) is 0 Å². The van der Waals surface area contributed by atoms with E-state index in [2.05, 4.69) is 5.32 Å². The molecule has 0 heterocycles. The fraction of sp³-hybridized carbons (Fsp3) is 0.769. The summed E-state index contributed by atoms with van der Waals surface area (Å²) in [5.41, 5.74) is -2.90. The highest BCUT2D eigenvalue weighted by atomic mass is 16.6. The lowest BCUT2D eigenvalue weighted by Crippen LogP contribution is -2.57. The van der Waals surface area contributed by atoms with Crippen molar-refractivity contribution in [2.45, 2.75) is 44.4 Å². The molecule has 2 saturated carbocycles. The molecule has 10 nitrogen and oxygen atoms in total. The summed E-state index contributed by atoms with van der Waals surface area (Å²) in [6, 6.07) is -1.33. The molecule has 23 heavy (non-hydrogen) atoms. The Bertz CT molecular complexity index is 583. The number of carbonyl (C=O) groups excluding carboxylic acids is 1. The number of carbonyl (C=O) groups is 3. The van der Waals surface area contributed by atoms with Crippen LogP contribution in [0.25, 0.3) is 0 Å². The van der Waals surface area contributed by atoms with E-state index in [0.717, 1.165) is 0 Å². The van der Waals surface area contributed by atoms with E-state index in [4.69, 9.17) is 9.84 Å². The Hall–Kier alpha value is -2.39. The molecule has 0 aromatic rings. The van der Waals surface area contributed by atoms with E-state index in [1.807, 2.05) is 0 Å². The van der Waals surface area contributed by atoms with Crippen LogP contribution in [0.4, 0.5) is 4.79 Å². The van der Waals surface area contributed by atoms with E-state index in [0.29, 0.717) is 0 Å². The lowest BCUT2D eigenvalue weighted by Gasteiger charge is -2.30. The number of carboxylic acids is 2. The van der Waals surface area contributed by atoms with Crippen molar-refractivity contribution in [3.63, 3.8) is 0 Å². The number of amides is 1. The molecule has 1 amide bonds. The van der Waals surface area contributed by atoms with Crippen molar-refractivity contribution < 1.29 is 34.3 Å². The van der Waals surface area contributed by atoms with Crippen molar-refractivity contribution in [3.8, 4) is 0 Å². The van der Waals surface area contributed by atoms with Crippen LogP contribution in [0.1, 0.15) is 27.2 Å². The predicted molar refractivity (Wildman–Crippen MR) is 73.2 cm³/mol. The molecule has 10 heteroatoms. The number of hydrogen-bond acceptors (Lipinski definition) is 6. The van der Waals surface area contributed by atoms with Crippen LogP contribution in [0.3, 0.4) is 0 Å². The number of nitro groups is 1. The number of hydrogen-bond donors (Lipinski definition) is 3. The molecular weight excluding hydrogens is 312 g/mol. The summed E-state index contributed by atoms with van der Waals surface area (Å²) in [7, 11) is 0. The van der Waals surface area contributed by atoms with Gasteiger partial charge in [-0.1, -0.05) is 0 Å². The highest BCUT2D eigenvalue weighted by Gasteiger charge is 2.79. The Balaban J connectivity index is 2.30. The Morgan fingerprint density at radius 2 is 1.87 bits per heavy atom. The summed E-state index contributed by atoms with van der Waals surface area (Å²) in [5.74, 6) is -5.89. The standard InChI is InChI=1S/C13H18N2O8/c1-12(2,3)23-11(20)14-13(10(18)19)4-5(15(21)22)6-7(8(6)13)9(16)17/h5-8H,4H2,1-3H3,(H,14,20)(H,16,17)(H,18,19). The van der Waals surface area contributed by atoms with Crippen LogP contribution in [0, 0.1) is 27.9 Å². The van der Waals surface area contributed by atoms with Gasteiger partial charge >= 0.3 is 18.0 Å². The van der Waals surface area contributed by atoms with E-state index in [-0.39, 0.29) is 0 Å². The molecule has 0 saturated heterocycles. The normalized spacial score (nSPS) is 35.1. The minimum atomic E-state index is -2.01. The van der Waals surface area contributed by atoms with Gasteiger partial charge in [0.1, 0.15) is 5.60 Å². The van der Waals surface area contributed by atoms with Gasteiger partial charge in [0, 0.05) is 23.2 Å². The molecule has 0 aromatic carbocycles. The maximum Gasteiger partial charge on any atom is 0.408 e. The van der Waals surface area contributed by atoms with Crippen LogP contribution >= 0.6 is 0 Å². The monoisotopic (exact) mass is 330 g/mol. The van der Waals surface area contributed by atoms with Crippen LogP contribution in [-0.4, -0.2) is 50.4 Å². The largest absolute Gasteiger partial charge is 0.481 e. The third-order valence-electron chi connectivity index (χ3n) is 4.28. The molecule has 5 atom stereocenters. The minimum Gasteiger partial charge on any atom is -0.481 e. The van der Waals surface area contributed by atoms with Crippen molar-refractivity contribution in [2.75, 3.05) is 0 Å². The maximum absolute atomic E-state index is 11.9. The van der Waals surface area contributed by atoms with Gasteiger partial charge in [0.05, 0.1) is 5.92 Å². The smallest absolute Gasteiger partial charge is 0.408 e. The van der Waals surface area contributed by atoms with Crippen molar-refractivity contribution in [2.24, 2.45) is 17.8 Å². The molecule has 0 spiro atoms.